The highest BCUT2D eigenvalue weighted by Gasteiger charge is 2.57. The van der Waals surface area contributed by atoms with Crippen LogP contribution in [-0.2, 0) is 36.6 Å². The van der Waals surface area contributed by atoms with E-state index in [2.05, 4.69) is 108 Å². The number of benzene rings is 15. The van der Waals surface area contributed by atoms with Crippen LogP contribution in [0.4, 0.5) is 0 Å². The molecule has 0 saturated heterocycles. The van der Waals surface area contributed by atoms with Crippen molar-refractivity contribution in [1.29, 1.82) is 10.5 Å². The maximum Gasteiger partial charge on any atom is 0.303 e. The second-order valence-corrected chi connectivity index (χ2v) is 36.2. The Labute approximate surface area is 794 Å². The summed E-state index contributed by atoms with van der Waals surface area (Å²) in [6.45, 7) is 1.48. The molecule has 0 amide bonds. The number of hydrogen-bond acceptors (Lipinski definition) is 9. The van der Waals surface area contributed by atoms with Crippen LogP contribution < -0.4 is 0 Å². The molecule has 3 atom stereocenters. The van der Waals surface area contributed by atoms with Gasteiger partial charge >= 0.3 is 5.97 Å². The first-order valence-corrected chi connectivity index (χ1v) is 45.1. The Morgan fingerprint density at radius 1 is 0.333 bits per heavy atom. The first kappa shape index (κ1) is 90.2. The minimum atomic E-state index is -0.818. The molecule has 0 fully saturated rings. The van der Waals surface area contributed by atoms with Crippen LogP contribution >= 0.6 is 104 Å². The maximum absolute atomic E-state index is 13.4. The van der Waals surface area contributed by atoms with Gasteiger partial charge in [-0.2, -0.15) is 10.5 Å². The van der Waals surface area contributed by atoms with Gasteiger partial charge in [0.15, 0.2) is 17.3 Å². The lowest BCUT2D eigenvalue weighted by molar-refractivity contribution is -0.146. The molecule has 5 aliphatic rings. The monoisotopic (exact) mass is 1860 g/mol. The molecule has 18 heteroatoms. The molecule has 129 heavy (non-hydrogen) atoms. The van der Waals surface area contributed by atoms with Crippen LogP contribution in [0.25, 0.3) is 0 Å². The highest BCUT2D eigenvalue weighted by Crippen LogP contribution is 2.59. The number of nitrogens with zero attached hydrogens (tertiary/aromatic N) is 3. The summed E-state index contributed by atoms with van der Waals surface area (Å²) in [6, 6.07) is 124. The molecule has 636 valence electrons. The molecule has 0 spiro atoms. The Morgan fingerprint density at radius 3 is 1.02 bits per heavy atom. The summed E-state index contributed by atoms with van der Waals surface area (Å²) < 4.78 is 5.70. The smallest absolute Gasteiger partial charge is 0.303 e. The largest absolute Gasteiger partial charge is 0.458 e. The Kier molecular flexibility index (Phi) is 27.0. The molecule has 15 aromatic carbocycles. The van der Waals surface area contributed by atoms with Gasteiger partial charge in [-0.25, -0.2) is 0 Å². The van der Waals surface area contributed by atoms with E-state index in [0.717, 1.165) is 89.9 Å². The molecule has 0 aromatic heterocycles. The van der Waals surface area contributed by atoms with Crippen LogP contribution in [-0.4, -0.2) is 34.2 Å². The molecule has 20 rings (SSSR count). The van der Waals surface area contributed by atoms with Gasteiger partial charge in [0.1, 0.15) is 6.10 Å². The summed E-state index contributed by atoms with van der Waals surface area (Å²) in [6.07, 6.45) is 1.64. The zero-order valence-corrected chi connectivity index (χ0v) is 76.0. The topological polar surface area (TPSA) is 158 Å². The maximum atomic E-state index is 13.4. The third kappa shape index (κ3) is 16.9. The molecule has 0 saturated carbocycles. The van der Waals surface area contributed by atoms with Crippen LogP contribution in [0.3, 0.4) is 0 Å². The van der Waals surface area contributed by atoms with E-state index in [1.165, 1.54) is 23.6 Å². The third-order valence-electron chi connectivity index (χ3n) is 25.5. The number of nitriles is 2. The zero-order chi connectivity index (χ0) is 90.4. The summed E-state index contributed by atoms with van der Waals surface area (Å²) in [5.41, 5.74) is 17.3. The van der Waals surface area contributed by atoms with E-state index in [9.17, 15) is 34.9 Å². The van der Waals surface area contributed by atoms with Gasteiger partial charge in [0.25, 0.3) is 0 Å². The normalized spacial score (nSPS) is 16.9. The van der Waals surface area contributed by atoms with Crippen molar-refractivity contribution in [2.24, 2.45) is 17.0 Å². The molecular weight excluding hydrogens is 1790 g/mol. The van der Waals surface area contributed by atoms with E-state index in [1.807, 2.05) is 237 Å². The van der Waals surface area contributed by atoms with Crippen LogP contribution in [0.2, 0.25) is 45.2 Å². The van der Waals surface area contributed by atoms with E-state index < -0.39 is 33.5 Å². The van der Waals surface area contributed by atoms with Gasteiger partial charge in [-0.3, -0.25) is 19.2 Å². The number of ketones is 3. The summed E-state index contributed by atoms with van der Waals surface area (Å²) >= 11 is 55.1. The van der Waals surface area contributed by atoms with Crippen LogP contribution in [0.1, 0.15) is 171 Å². The van der Waals surface area contributed by atoms with E-state index in [4.69, 9.17) is 109 Å². The van der Waals surface area contributed by atoms with Crippen LogP contribution in [0.5, 0.6) is 0 Å². The van der Waals surface area contributed by atoms with Crippen molar-refractivity contribution in [3.8, 4) is 12.1 Å². The lowest BCUT2D eigenvalue weighted by Gasteiger charge is -2.36. The lowest BCUT2D eigenvalue weighted by Crippen LogP contribution is -2.36. The van der Waals surface area contributed by atoms with Gasteiger partial charge in [0.2, 0.25) is 0 Å². The first-order chi connectivity index (χ1) is 62.5. The van der Waals surface area contributed by atoms with Crippen molar-refractivity contribution < 1.29 is 29.1 Å². The second-order valence-electron chi connectivity index (χ2n) is 32.2. The lowest BCUT2D eigenvalue weighted by atomic mass is 9.64. The SMILES string of the molecule is CC(=O)OC1CC(c2ccccc2)(c2ccccc2)c2ccccc21.N#CCC1C(=O)c2cc(Cl)ccc2C1(c1ccc(Cl)cc1)c1ccc(Cl)cc1.N#CCC1C(=O)c2ccccc2C1(c1ccccc1)c1ccccc1.O/N=C1\CC(c2ccc(Cl)cc2)(c2ccc(Cl)cc2)c2ccc(Cl)cc21.O=C1CC(c2ccc(Cl)cc2)(c2ccc(Cl)cc2)c2ccc(Cl)cc21. The number of esters is 1. The number of rotatable bonds is 13. The minimum Gasteiger partial charge on any atom is -0.458 e. The fraction of sp³-hybridized carbons (Fsp3) is 0.126. The molecule has 5 aliphatic carbocycles. The predicted octanol–water partition coefficient (Wildman–Crippen LogP) is 29.6. The van der Waals surface area contributed by atoms with Gasteiger partial charge in [-0.05, 0) is 198 Å². The van der Waals surface area contributed by atoms with Crippen molar-refractivity contribution in [2.45, 2.75) is 72.2 Å². The number of hydrogen-bond donors (Lipinski definition) is 1. The van der Waals surface area contributed by atoms with Crippen LogP contribution in [0.15, 0.2) is 375 Å². The Bertz CT molecular complexity index is 6600. The fourth-order valence-electron chi connectivity index (χ4n) is 20.2. The van der Waals surface area contributed by atoms with Gasteiger partial charge in [0.05, 0.1) is 51.3 Å². The zero-order valence-electron chi connectivity index (χ0n) is 69.2. The number of halogens is 9. The Morgan fingerprint density at radius 2 is 0.628 bits per heavy atom. The molecule has 0 aliphatic heterocycles. The minimum absolute atomic E-state index is 0.0601. The second kappa shape index (κ2) is 38.6. The van der Waals surface area contributed by atoms with Crippen molar-refractivity contribution in [1.82, 2.24) is 0 Å². The van der Waals surface area contributed by atoms with E-state index in [1.54, 1.807) is 42.5 Å². The summed E-state index contributed by atoms with van der Waals surface area (Å²) in [5.74, 6) is -1.17. The van der Waals surface area contributed by atoms with Crippen molar-refractivity contribution in [3.05, 3.63) is 527 Å². The van der Waals surface area contributed by atoms with Crippen molar-refractivity contribution in [2.75, 3.05) is 0 Å². The molecule has 15 aromatic rings. The average Bonchev–Trinajstić information content (AvgIpc) is 1.55. The summed E-state index contributed by atoms with van der Waals surface area (Å²) in [7, 11) is 0. The van der Waals surface area contributed by atoms with Gasteiger partial charge in [-0.15, -0.1) is 0 Å². The summed E-state index contributed by atoms with van der Waals surface area (Å²) in [5, 5.41) is 37.7. The van der Waals surface area contributed by atoms with E-state index in [0.29, 0.717) is 74.9 Å². The number of fused-ring (bicyclic) bond motifs is 5. The number of carbonyl (C=O) groups is 4. The number of carbonyl (C=O) groups excluding carboxylic acids is 4. The predicted molar refractivity (Wildman–Crippen MR) is 518 cm³/mol. The van der Waals surface area contributed by atoms with E-state index in [-0.39, 0.29) is 47.7 Å². The molecule has 0 heterocycles. The first-order valence-electron chi connectivity index (χ1n) is 41.7. The van der Waals surface area contributed by atoms with Gasteiger partial charge in [0, 0.05) is 112 Å². The van der Waals surface area contributed by atoms with E-state index >= 15 is 0 Å². The Hall–Kier alpha value is -12.2. The molecule has 1 N–H and O–H groups in total. The number of ether oxygens (including phenoxy) is 1. The van der Waals surface area contributed by atoms with Gasteiger partial charge in [-0.1, -0.05) is 370 Å². The third-order valence-corrected chi connectivity index (χ3v) is 27.8. The van der Waals surface area contributed by atoms with Crippen molar-refractivity contribution >= 4 is 133 Å². The van der Waals surface area contributed by atoms with Crippen molar-refractivity contribution in [3.63, 3.8) is 0 Å². The van der Waals surface area contributed by atoms with Crippen LogP contribution in [0, 0.1) is 34.5 Å². The standard InChI is InChI=1S/C23H14Cl3NO.C23H17NO.C23H20O2.C21H14Cl3NO.C21H13Cl3O/c24-16-5-1-14(2-6-16)23(15-3-7-17(25)8-4-15)20-10-9-18(26)13-19(20)22(28)21(23)11-12-27;24-16-15-21-22(25)19-13-7-8-14-20(19)23(21,17-9-3-1-4-10-17)18-11-5-2-6-12-18;1-17(24)25-22-16-23(18-10-4-2-5-11-18,19-12-6-3-7-13-19)21-15-9-8-14-20(21)22;22-15-5-1-13(2-6-15)21(14-3-7-16(23)8-4-14)12-20(25-26)18-11-17(24)9-10-19(18)21;22-15-5-1-13(2-6-15)21(14-3-7-16(23)8-4-14)12-20(25)18-11-17(24)9-10-19(18)21/h1-10,13,21H,11H2;1-14,21H,15H2;2-15,22H,16H2,1H3;1-11,26H,12H2;1-11H,12H2/b;;;25-20+;. The average molecular weight is 1870 g/mol. The highest BCUT2D eigenvalue weighted by atomic mass is 35.5. The Balaban J connectivity index is 0.000000118. The molecule has 0 bridgehead atoms. The molecular formula is C111H78Cl9N3O6. The molecule has 3 unspecified atom stereocenters. The quantitative estimate of drug-likeness (QED) is 0.0679. The molecule has 0 radical (unpaired) electrons. The highest BCUT2D eigenvalue weighted by molar-refractivity contribution is 6.34. The number of Topliss-reactive ketones (excluding diaryl/α,β-unsaturated/α-hetero) is 3. The van der Waals surface area contributed by atoms with Gasteiger partial charge < -0.3 is 9.94 Å². The molecule has 9 nitrogen and oxygen atoms in total. The fourth-order valence-corrected chi connectivity index (χ4v) is 21.4. The summed E-state index contributed by atoms with van der Waals surface area (Å²) in [4.78, 5) is 51.0. The number of oxime groups is 1.